The largest absolute Gasteiger partial charge is 0.348 e. The van der Waals surface area contributed by atoms with E-state index >= 15 is 0 Å². The van der Waals surface area contributed by atoms with Gasteiger partial charge in [-0.25, -0.2) is 4.98 Å². The summed E-state index contributed by atoms with van der Waals surface area (Å²) in [4.78, 5) is 18.5. The average molecular weight is 298 g/mol. The molecule has 0 saturated heterocycles. The third-order valence-corrected chi connectivity index (χ3v) is 3.05. The van der Waals surface area contributed by atoms with Gasteiger partial charge >= 0.3 is 0 Å². The molecule has 0 aliphatic rings. The lowest BCUT2D eigenvalue weighted by Gasteiger charge is -2.24. The van der Waals surface area contributed by atoms with Crippen LogP contribution in [0.2, 0.25) is 5.15 Å². The van der Waals surface area contributed by atoms with Crippen molar-refractivity contribution in [3.63, 3.8) is 0 Å². The summed E-state index contributed by atoms with van der Waals surface area (Å²) < 4.78 is 0. The molecule has 1 N–H and O–H groups in total. The Balaban J connectivity index is 2.78. The van der Waals surface area contributed by atoms with Crippen LogP contribution in [0.5, 0.6) is 0 Å². The quantitative estimate of drug-likeness (QED) is 0.821. The van der Waals surface area contributed by atoms with Crippen LogP contribution >= 0.6 is 11.6 Å². The minimum atomic E-state index is -0.0927. The summed E-state index contributed by atoms with van der Waals surface area (Å²) in [6, 6.07) is 3.49. The number of nitrogens with one attached hydrogen (secondary N) is 1. The number of amides is 1. The molecule has 0 aromatic carbocycles. The van der Waals surface area contributed by atoms with Crippen LogP contribution in [0.15, 0.2) is 12.1 Å². The van der Waals surface area contributed by atoms with Gasteiger partial charge in [-0.15, -0.1) is 0 Å². The van der Waals surface area contributed by atoms with Crippen molar-refractivity contribution in [3.05, 3.63) is 28.5 Å². The first-order chi connectivity index (χ1) is 9.27. The maximum absolute atomic E-state index is 12.3. The van der Waals surface area contributed by atoms with Crippen molar-refractivity contribution >= 4 is 17.5 Å². The monoisotopic (exact) mass is 297 g/mol. The molecule has 1 heterocycles. The number of carbonyl (C=O) groups is 1. The van der Waals surface area contributed by atoms with Gasteiger partial charge in [0.2, 0.25) is 0 Å². The number of hydrogen-bond donors (Lipinski definition) is 1. The molecule has 0 aliphatic heterocycles. The smallest absolute Gasteiger partial charge is 0.251 e. The fourth-order valence-electron chi connectivity index (χ4n) is 2.22. The van der Waals surface area contributed by atoms with Gasteiger partial charge in [0.25, 0.3) is 5.91 Å². The number of nitrogens with zero attached hydrogens (tertiary/aromatic N) is 2. The molecule has 112 valence electrons. The van der Waals surface area contributed by atoms with E-state index in [0.717, 1.165) is 18.7 Å². The topological polar surface area (TPSA) is 45.2 Å². The second-order valence-corrected chi connectivity index (χ2v) is 6.27. The highest BCUT2D eigenvalue weighted by molar-refractivity contribution is 6.29. The molecule has 20 heavy (non-hydrogen) atoms. The number of likely N-dealkylation sites (N-methyl/N-ethyl adjacent to an activating group) is 1. The Bertz CT molecular complexity index is 430. The molecule has 0 fully saturated rings. The Hall–Kier alpha value is -1.13. The maximum Gasteiger partial charge on any atom is 0.251 e. The summed E-state index contributed by atoms with van der Waals surface area (Å²) in [5.74, 6) is 0.438. The third kappa shape index (κ3) is 5.88. The Labute approximate surface area is 126 Å². The van der Waals surface area contributed by atoms with Crippen molar-refractivity contribution in [2.75, 3.05) is 20.6 Å². The molecule has 0 radical (unpaired) electrons. The molecule has 1 atom stereocenters. The van der Waals surface area contributed by atoms with Crippen LogP contribution in [-0.2, 0) is 0 Å². The van der Waals surface area contributed by atoms with Crippen LogP contribution in [0.3, 0.4) is 0 Å². The summed E-state index contributed by atoms with van der Waals surface area (Å²) in [6.45, 7) is 6.96. The lowest BCUT2D eigenvalue weighted by Crippen LogP contribution is -2.42. The average Bonchev–Trinajstić information content (AvgIpc) is 2.25. The van der Waals surface area contributed by atoms with Gasteiger partial charge in [0.05, 0.1) is 0 Å². The van der Waals surface area contributed by atoms with E-state index < -0.39 is 0 Å². The summed E-state index contributed by atoms with van der Waals surface area (Å²) in [5, 5.41) is 3.43. The highest BCUT2D eigenvalue weighted by Crippen LogP contribution is 2.12. The lowest BCUT2D eigenvalue weighted by atomic mass is 10.0. The van der Waals surface area contributed by atoms with Crippen LogP contribution < -0.4 is 5.32 Å². The normalized spacial score (nSPS) is 12.8. The number of rotatable bonds is 6. The van der Waals surface area contributed by atoms with Gasteiger partial charge in [-0.1, -0.05) is 25.4 Å². The van der Waals surface area contributed by atoms with Crippen LogP contribution in [0.1, 0.15) is 36.3 Å². The second-order valence-electron chi connectivity index (χ2n) is 5.88. The highest BCUT2D eigenvalue weighted by atomic mass is 35.5. The first kappa shape index (κ1) is 16.9. The van der Waals surface area contributed by atoms with Gasteiger partial charge in [0.15, 0.2) is 0 Å². The van der Waals surface area contributed by atoms with Gasteiger partial charge in [-0.3, -0.25) is 4.79 Å². The summed E-state index contributed by atoms with van der Waals surface area (Å²) in [6.07, 6.45) is 0.946. The van der Waals surface area contributed by atoms with Crippen LogP contribution in [-0.4, -0.2) is 42.5 Å². The van der Waals surface area contributed by atoms with Crippen molar-refractivity contribution in [3.8, 4) is 0 Å². The number of pyridine rings is 1. The predicted molar refractivity (Wildman–Crippen MR) is 83.2 cm³/mol. The zero-order valence-electron chi connectivity index (χ0n) is 12.9. The van der Waals surface area contributed by atoms with Crippen molar-refractivity contribution < 1.29 is 4.79 Å². The molecular weight excluding hydrogens is 274 g/mol. The number of carbonyl (C=O) groups excluding carboxylic acids is 1. The predicted octanol–water partition coefficient (Wildman–Crippen LogP) is 2.75. The summed E-state index contributed by atoms with van der Waals surface area (Å²) >= 11 is 5.90. The van der Waals surface area contributed by atoms with E-state index in [0.29, 0.717) is 16.6 Å². The van der Waals surface area contributed by atoms with Crippen molar-refractivity contribution in [2.45, 2.75) is 33.2 Å². The Kier molecular flexibility index (Phi) is 6.43. The molecule has 1 rings (SSSR count). The number of aromatic nitrogens is 1. The zero-order chi connectivity index (χ0) is 15.3. The minimum Gasteiger partial charge on any atom is -0.348 e. The number of aryl methyl sites for hydroxylation is 1. The SMILES string of the molecule is Cc1cc(C(=O)NC(CC(C)C)CN(C)C)cc(Cl)n1. The second kappa shape index (κ2) is 7.60. The van der Waals surface area contributed by atoms with E-state index in [9.17, 15) is 4.79 Å². The molecule has 1 aromatic rings. The maximum atomic E-state index is 12.3. The lowest BCUT2D eigenvalue weighted by molar-refractivity contribution is 0.0924. The van der Waals surface area contributed by atoms with Crippen molar-refractivity contribution in [1.82, 2.24) is 15.2 Å². The minimum absolute atomic E-state index is 0.0927. The Morgan fingerprint density at radius 1 is 1.40 bits per heavy atom. The highest BCUT2D eigenvalue weighted by Gasteiger charge is 2.16. The number of hydrogen-bond acceptors (Lipinski definition) is 3. The molecular formula is C15H24ClN3O. The fraction of sp³-hybridized carbons (Fsp3) is 0.600. The van der Waals surface area contributed by atoms with Gasteiger partial charge < -0.3 is 10.2 Å². The molecule has 0 aliphatic carbocycles. The first-order valence-corrected chi connectivity index (χ1v) is 7.25. The molecule has 0 bridgehead atoms. The van der Waals surface area contributed by atoms with Gasteiger partial charge in [-0.05, 0) is 45.5 Å². The van der Waals surface area contributed by atoms with Crippen LogP contribution in [0.4, 0.5) is 0 Å². The van der Waals surface area contributed by atoms with Gasteiger partial charge in [-0.2, -0.15) is 0 Å². The summed E-state index contributed by atoms with van der Waals surface area (Å²) in [7, 11) is 4.01. The molecule has 1 amide bonds. The van der Waals surface area contributed by atoms with E-state index in [4.69, 9.17) is 11.6 Å². The van der Waals surface area contributed by atoms with Crippen LogP contribution in [0, 0.1) is 12.8 Å². The van der Waals surface area contributed by atoms with Gasteiger partial charge in [0, 0.05) is 23.8 Å². The van der Waals surface area contributed by atoms with E-state index in [-0.39, 0.29) is 11.9 Å². The Morgan fingerprint density at radius 3 is 2.55 bits per heavy atom. The van der Waals surface area contributed by atoms with E-state index in [2.05, 4.69) is 29.0 Å². The van der Waals surface area contributed by atoms with E-state index in [1.165, 1.54) is 0 Å². The zero-order valence-corrected chi connectivity index (χ0v) is 13.7. The molecule has 5 heteroatoms. The van der Waals surface area contributed by atoms with Gasteiger partial charge in [0.1, 0.15) is 5.15 Å². The first-order valence-electron chi connectivity index (χ1n) is 6.87. The molecule has 0 saturated carbocycles. The van der Waals surface area contributed by atoms with E-state index in [1.807, 2.05) is 21.0 Å². The van der Waals surface area contributed by atoms with E-state index in [1.54, 1.807) is 12.1 Å². The van der Waals surface area contributed by atoms with Crippen molar-refractivity contribution in [1.29, 1.82) is 0 Å². The Morgan fingerprint density at radius 2 is 2.05 bits per heavy atom. The molecule has 0 spiro atoms. The summed E-state index contributed by atoms with van der Waals surface area (Å²) in [5.41, 5.74) is 1.31. The standard InChI is InChI=1S/C15H24ClN3O/c1-10(2)6-13(9-19(4)5)18-15(20)12-7-11(3)17-14(16)8-12/h7-8,10,13H,6,9H2,1-5H3,(H,18,20). The fourth-order valence-corrected chi connectivity index (χ4v) is 2.47. The molecule has 1 aromatic heterocycles. The molecule has 4 nitrogen and oxygen atoms in total. The molecule has 1 unspecified atom stereocenters. The number of halogens is 1. The van der Waals surface area contributed by atoms with Crippen molar-refractivity contribution in [2.24, 2.45) is 5.92 Å². The third-order valence-electron chi connectivity index (χ3n) is 2.86. The van der Waals surface area contributed by atoms with Crippen LogP contribution in [0.25, 0.3) is 0 Å².